The third-order valence-electron chi connectivity index (χ3n) is 4.80. The molecule has 1 aliphatic heterocycles. The van der Waals surface area contributed by atoms with Gasteiger partial charge in [0.05, 0.1) is 0 Å². The maximum atomic E-state index is 13.9. The van der Waals surface area contributed by atoms with Crippen LogP contribution in [0, 0.1) is 18.7 Å². The molecule has 152 valence electrons. The molecular weight excluding hydrogens is 405 g/mol. The first kappa shape index (κ1) is 22.1. The lowest BCUT2D eigenvalue weighted by Gasteiger charge is -2.30. The minimum atomic E-state index is -3.90. The Balaban J connectivity index is 0.00000280. The highest BCUT2D eigenvalue weighted by Gasteiger charge is 2.33. The van der Waals surface area contributed by atoms with Crippen molar-refractivity contribution in [2.24, 2.45) is 5.92 Å². The Kier molecular flexibility index (Phi) is 7.03. The highest BCUT2D eigenvalue weighted by atomic mass is 35.5. The van der Waals surface area contributed by atoms with Crippen LogP contribution in [0.2, 0.25) is 0 Å². The smallest absolute Gasteiger partial charge is 0.245 e. The summed E-state index contributed by atoms with van der Waals surface area (Å²) in [5, 5.41) is 2.87. The molecule has 0 saturated carbocycles. The van der Waals surface area contributed by atoms with Gasteiger partial charge in [-0.15, -0.1) is 12.4 Å². The predicted octanol–water partition coefficient (Wildman–Crippen LogP) is 3.18. The lowest BCUT2D eigenvalue weighted by atomic mass is 9.97. The molecule has 0 radical (unpaired) electrons. The summed E-state index contributed by atoms with van der Waals surface area (Å²) in [4.78, 5) is 12.2. The first-order chi connectivity index (χ1) is 12.8. The number of benzene rings is 2. The standard InChI is InChI=1S/C19H22FN3O3S.ClH/c1-13-6-7-15(21)12-17(13)22-19(24)14-8-10-23(11-9-14)27(25,26)18-5-3-2-4-16(18)20;/h2-7,12,14H,8-11,21H2,1H3,(H,22,24);1H. The van der Waals surface area contributed by atoms with Gasteiger partial charge in [0.1, 0.15) is 10.7 Å². The number of nitrogens with one attached hydrogen (secondary N) is 1. The highest BCUT2D eigenvalue weighted by molar-refractivity contribution is 7.89. The second-order valence-electron chi connectivity index (χ2n) is 6.67. The number of amides is 1. The molecule has 2 aromatic carbocycles. The lowest BCUT2D eigenvalue weighted by Crippen LogP contribution is -2.41. The molecule has 0 aliphatic carbocycles. The average Bonchev–Trinajstić information content (AvgIpc) is 2.65. The number of nitrogens with zero attached hydrogens (tertiary/aromatic N) is 1. The van der Waals surface area contributed by atoms with Gasteiger partial charge in [0, 0.05) is 30.4 Å². The van der Waals surface area contributed by atoms with Crippen LogP contribution in [0.3, 0.4) is 0 Å². The van der Waals surface area contributed by atoms with E-state index in [1.54, 1.807) is 12.1 Å². The van der Waals surface area contributed by atoms with Gasteiger partial charge in [-0.05, 0) is 49.6 Å². The zero-order valence-corrected chi connectivity index (χ0v) is 17.0. The number of hydrogen-bond donors (Lipinski definition) is 2. The van der Waals surface area contributed by atoms with Crippen molar-refractivity contribution in [1.29, 1.82) is 0 Å². The van der Waals surface area contributed by atoms with E-state index in [9.17, 15) is 17.6 Å². The van der Waals surface area contributed by atoms with E-state index in [2.05, 4.69) is 5.32 Å². The average molecular weight is 428 g/mol. The van der Waals surface area contributed by atoms with Gasteiger partial charge in [0.2, 0.25) is 15.9 Å². The van der Waals surface area contributed by atoms with Crippen LogP contribution in [-0.2, 0) is 14.8 Å². The van der Waals surface area contributed by atoms with Gasteiger partial charge in [-0.3, -0.25) is 4.79 Å². The van der Waals surface area contributed by atoms with Crippen molar-refractivity contribution in [2.75, 3.05) is 24.1 Å². The lowest BCUT2D eigenvalue weighted by molar-refractivity contribution is -0.120. The minimum Gasteiger partial charge on any atom is -0.399 e. The van der Waals surface area contributed by atoms with Crippen LogP contribution in [0.1, 0.15) is 18.4 Å². The Morgan fingerprint density at radius 2 is 1.82 bits per heavy atom. The number of carbonyl (C=O) groups excluding carboxylic acids is 1. The van der Waals surface area contributed by atoms with Gasteiger partial charge in [0.15, 0.2) is 0 Å². The van der Waals surface area contributed by atoms with E-state index in [-0.39, 0.29) is 42.2 Å². The van der Waals surface area contributed by atoms with Gasteiger partial charge in [-0.25, -0.2) is 12.8 Å². The maximum Gasteiger partial charge on any atom is 0.245 e. The van der Waals surface area contributed by atoms with Crippen LogP contribution in [0.5, 0.6) is 0 Å². The molecule has 1 aliphatic rings. The van der Waals surface area contributed by atoms with Crippen molar-refractivity contribution in [3.05, 3.63) is 53.8 Å². The van der Waals surface area contributed by atoms with Crippen molar-refractivity contribution in [2.45, 2.75) is 24.7 Å². The molecule has 0 aromatic heterocycles. The maximum absolute atomic E-state index is 13.9. The number of nitrogen functional groups attached to an aromatic ring is 1. The molecule has 28 heavy (non-hydrogen) atoms. The molecule has 1 fully saturated rings. The van der Waals surface area contributed by atoms with Crippen molar-refractivity contribution < 1.29 is 17.6 Å². The van der Waals surface area contributed by atoms with E-state index in [1.807, 2.05) is 13.0 Å². The normalized spacial score (nSPS) is 15.6. The molecule has 3 N–H and O–H groups in total. The number of aryl methyl sites for hydroxylation is 1. The van der Waals surface area contributed by atoms with E-state index in [4.69, 9.17) is 5.73 Å². The third-order valence-corrected chi connectivity index (χ3v) is 6.73. The number of carbonyl (C=O) groups is 1. The number of sulfonamides is 1. The van der Waals surface area contributed by atoms with Crippen molar-refractivity contribution >= 4 is 39.7 Å². The van der Waals surface area contributed by atoms with Gasteiger partial charge >= 0.3 is 0 Å². The molecule has 0 atom stereocenters. The molecule has 1 saturated heterocycles. The summed E-state index contributed by atoms with van der Waals surface area (Å²) in [7, 11) is -3.90. The van der Waals surface area contributed by atoms with E-state index in [0.717, 1.165) is 11.6 Å². The van der Waals surface area contributed by atoms with Crippen LogP contribution in [0.25, 0.3) is 0 Å². The van der Waals surface area contributed by atoms with Crippen LogP contribution >= 0.6 is 12.4 Å². The Bertz CT molecular complexity index is 961. The Hall–Kier alpha value is -2.16. The van der Waals surface area contributed by atoms with Gasteiger partial charge in [-0.2, -0.15) is 4.31 Å². The summed E-state index contributed by atoms with van der Waals surface area (Å²) in [5.41, 5.74) is 7.87. The Morgan fingerprint density at radius 1 is 1.18 bits per heavy atom. The molecule has 6 nitrogen and oxygen atoms in total. The summed E-state index contributed by atoms with van der Waals surface area (Å²) in [6, 6.07) is 10.6. The number of hydrogen-bond acceptors (Lipinski definition) is 4. The van der Waals surface area contributed by atoms with Crippen molar-refractivity contribution in [3.8, 4) is 0 Å². The molecule has 9 heteroatoms. The fourth-order valence-electron chi connectivity index (χ4n) is 3.16. The second kappa shape index (κ2) is 8.89. The van der Waals surface area contributed by atoms with Gasteiger partial charge < -0.3 is 11.1 Å². The fourth-order valence-corrected chi connectivity index (χ4v) is 4.70. The SMILES string of the molecule is Cc1ccc(N)cc1NC(=O)C1CCN(S(=O)(=O)c2ccccc2F)CC1.Cl. The predicted molar refractivity (Wildman–Crippen MR) is 109 cm³/mol. The summed E-state index contributed by atoms with van der Waals surface area (Å²) < 4.78 is 40.4. The molecule has 3 rings (SSSR count). The van der Waals surface area contributed by atoms with Crippen molar-refractivity contribution in [1.82, 2.24) is 4.31 Å². The molecule has 0 unspecified atom stereocenters. The van der Waals surface area contributed by atoms with Gasteiger partial charge in [0.25, 0.3) is 0 Å². The molecule has 0 bridgehead atoms. The molecular formula is C19H23ClFN3O3S. The number of halogens is 2. The number of nitrogens with two attached hydrogens (primary N) is 1. The molecule has 2 aromatic rings. The van der Waals surface area contributed by atoms with Crippen LogP contribution in [0.15, 0.2) is 47.4 Å². The van der Waals surface area contributed by atoms with Crippen LogP contribution in [0.4, 0.5) is 15.8 Å². The quantitative estimate of drug-likeness (QED) is 0.733. The third kappa shape index (κ3) is 4.63. The first-order valence-electron chi connectivity index (χ1n) is 8.70. The molecule has 1 heterocycles. The zero-order chi connectivity index (χ0) is 19.6. The number of rotatable bonds is 4. The second-order valence-corrected chi connectivity index (χ2v) is 8.58. The van der Waals surface area contributed by atoms with Gasteiger partial charge in [-0.1, -0.05) is 18.2 Å². The zero-order valence-electron chi connectivity index (χ0n) is 15.4. The monoisotopic (exact) mass is 427 g/mol. The van der Waals surface area contributed by atoms with E-state index < -0.39 is 15.8 Å². The van der Waals surface area contributed by atoms with E-state index >= 15 is 0 Å². The topological polar surface area (TPSA) is 92.5 Å². The van der Waals surface area contributed by atoms with Crippen LogP contribution in [-0.4, -0.2) is 31.7 Å². The number of piperidine rings is 1. The Labute approximate surface area is 170 Å². The van der Waals surface area contributed by atoms with E-state index in [1.165, 1.54) is 22.5 Å². The summed E-state index contributed by atoms with van der Waals surface area (Å²) >= 11 is 0. The number of anilines is 2. The van der Waals surface area contributed by atoms with Crippen molar-refractivity contribution in [3.63, 3.8) is 0 Å². The summed E-state index contributed by atoms with van der Waals surface area (Å²) in [6.45, 7) is 2.22. The fraction of sp³-hybridized carbons (Fsp3) is 0.316. The summed E-state index contributed by atoms with van der Waals surface area (Å²) in [6.07, 6.45) is 0.752. The molecule has 1 amide bonds. The summed E-state index contributed by atoms with van der Waals surface area (Å²) in [5.74, 6) is -1.24. The Morgan fingerprint density at radius 3 is 2.46 bits per heavy atom. The largest absolute Gasteiger partial charge is 0.399 e. The van der Waals surface area contributed by atoms with E-state index in [0.29, 0.717) is 24.2 Å². The minimum absolute atomic E-state index is 0. The highest BCUT2D eigenvalue weighted by Crippen LogP contribution is 2.27. The van der Waals surface area contributed by atoms with Crippen LogP contribution < -0.4 is 11.1 Å². The molecule has 0 spiro atoms. The first-order valence-corrected chi connectivity index (χ1v) is 10.1.